The molecule has 0 bridgehead atoms. The molecule has 2 aromatic carbocycles. The Morgan fingerprint density at radius 3 is 1.95 bits per heavy atom. The lowest BCUT2D eigenvalue weighted by atomic mass is 10.0. The van der Waals surface area contributed by atoms with Crippen LogP contribution < -0.4 is 9.80 Å². The minimum absolute atomic E-state index is 0.658. The molecule has 0 spiro atoms. The summed E-state index contributed by atoms with van der Waals surface area (Å²) in [4.78, 5) is 14.6. The Morgan fingerprint density at radius 1 is 0.737 bits per heavy atom. The van der Waals surface area contributed by atoms with Crippen molar-refractivity contribution >= 4 is 39.7 Å². The van der Waals surface area contributed by atoms with E-state index in [1.807, 2.05) is 0 Å². The lowest BCUT2D eigenvalue weighted by molar-refractivity contribution is 0.249. The summed E-state index contributed by atoms with van der Waals surface area (Å²) in [5, 5.41) is 0.825. The maximum Gasteiger partial charge on any atom is 0.138 e. The Labute approximate surface area is 231 Å². The molecule has 6 rings (SSSR count). The predicted molar refractivity (Wildman–Crippen MR) is 161 cm³/mol. The molecular formula is C31H39ClN6. The molecule has 6 nitrogen and oxygen atoms in total. The number of para-hydroxylation sites is 1. The first kappa shape index (κ1) is 25.5. The molecule has 0 atom stereocenters. The Bertz CT molecular complexity index is 1430. The molecule has 7 heteroatoms. The van der Waals surface area contributed by atoms with Crippen molar-refractivity contribution in [3.8, 4) is 11.1 Å². The van der Waals surface area contributed by atoms with Gasteiger partial charge in [-0.3, -0.25) is 4.40 Å². The molecule has 0 radical (unpaired) electrons. The molecule has 2 fully saturated rings. The molecule has 4 heterocycles. The summed E-state index contributed by atoms with van der Waals surface area (Å²) in [6.45, 7) is 4.22. The zero-order chi connectivity index (χ0) is 26.4. The van der Waals surface area contributed by atoms with E-state index in [-0.39, 0.29) is 0 Å². The van der Waals surface area contributed by atoms with Crippen molar-refractivity contribution in [2.75, 3.05) is 64.2 Å². The lowest BCUT2D eigenvalue weighted by Crippen LogP contribution is -2.42. The monoisotopic (exact) mass is 530 g/mol. The molecule has 4 aromatic rings. The zero-order valence-corrected chi connectivity index (χ0v) is 23.8. The minimum atomic E-state index is 0.658. The van der Waals surface area contributed by atoms with Crippen LogP contribution in [0, 0.1) is 0 Å². The predicted octanol–water partition coefficient (Wildman–Crippen LogP) is 5.87. The van der Waals surface area contributed by atoms with Gasteiger partial charge < -0.3 is 19.6 Å². The van der Waals surface area contributed by atoms with Gasteiger partial charge in [0.15, 0.2) is 0 Å². The topological polar surface area (TPSA) is 30.3 Å². The summed E-state index contributed by atoms with van der Waals surface area (Å²) in [7, 11) is 8.74. The van der Waals surface area contributed by atoms with Crippen molar-refractivity contribution in [1.82, 2.24) is 19.2 Å². The molecule has 2 aliphatic heterocycles. The molecule has 0 N–H and O–H groups in total. The number of fused-ring (bicyclic) bond motifs is 3. The summed E-state index contributed by atoms with van der Waals surface area (Å²) in [5.74, 6) is 0. The van der Waals surface area contributed by atoms with Crippen LogP contribution in [0.3, 0.4) is 0 Å². The van der Waals surface area contributed by atoms with Gasteiger partial charge in [0, 0.05) is 44.5 Å². The van der Waals surface area contributed by atoms with Crippen molar-refractivity contribution < 1.29 is 0 Å². The maximum atomic E-state index is 6.88. The Balaban J connectivity index is 1.30. The highest BCUT2D eigenvalue weighted by Crippen LogP contribution is 2.35. The maximum absolute atomic E-state index is 6.88. The highest BCUT2D eigenvalue weighted by Gasteiger charge is 2.24. The second kappa shape index (κ2) is 10.4. The fraction of sp³-hybridized carbons (Fsp3) is 0.452. The molecule has 0 saturated carbocycles. The van der Waals surface area contributed by atoms with E-state index in [2.05, 4.69) is 107 Å². The number of hydrogen-bond acceptors (Lipinski definition) is 5. The van der Waals surface area contributed by atoms with Crippen LogP contribution in [0.25, 0.3) is 27.8 Å². The number of hydrogen-bond donors (Lipinski definition) is 0. The summed E-state index contributed by atoms with van der Waals surface area (Å²) in [6, 6.07) is 18.7. The number of rotatable bonds is 5. The second-order valence-corrected chi connectivity index (χ2v) is 11.8. The van der Waals surface area contributed by atoms with E-state index in [9.17, 15) is 0 Å². The standard InChI is InChI=1S/C31H39ClN6/c1-34(2)24-12-16-36(17-13-24)28-10-8-22(20-26(28)32)23-9-11-30-33-27-6-5-7-29(31(27)38(30)21-23)37-18-14-25(15-19-37)35(3)4/h5-11,20-21,24-25H,12-19H2,1-4H3. The van der Waals surface area contributed by atoms with Crippen molar-refractivity contribution in [1.29, 1.82) is 0 Å². The number of nitrogens with zero attached hydrogens (tertiary/aromatic N) is 6. The van der Waals surface area contributed by atoms with Gasteiger partial charge in [0.1, 0.15) is 5.65 Å². The van der Waals surface area contributed by atoms with Gasteiger partial charge in [-0.1, -0.05) is 23.7 Å². The molecule has 0 unspecified atom stereocenters. The van der Waals surface area contributed by atoms with E-state index in [0.717, 1.165) is 59.2 Å². The van der Waals surface area contributed by atoms with E-state index < -0.39 is 0 Å². The average molecular weight is 531 g/mol. The largest absolute Gasteiger partial charge is 0.370 e. The van der Waals surface area contributed by atoms with E-state index in [1.165, 1.54) is 36.9 Å². The van der Waals surface area contributed by atoms with Gasteiger partial charge in [0.25, 0.3) is 0 Å². The molecule has 38 heavy (non-hydrogen) atoms. The number of aromatic nitrogens is 2. The molecule has 0 amide bonds. The van der Waals surface area contributed by atoms with Gasteiger partial charge >= 0.3 is 0 Å². The Morgan fingerprint density at radius 2 is 1.34 bits per heavy atom. The molecule has 2 aliphatic rings. The van der Waals surface area contributed by atoms with Crippen LogP contribution in [0.15, 0.2) is 54.7 Å². The fourth-order valence-corrected chi connectivity index (χ4v) is 6.66. The van der Waals surface area contributed by atoms with Gasteiger partial charge in [-0.15, -0.1) is 0 Å². The summed E-state index contributed by atoms with van der Waals surface area (Å²) in [5.41, 5.74) is 7.92. The lowest BCUT2D eigenvalue weighted by Gasteiger charge is -2.37. The molecule has 0 aliphatic carbocycles. The molecular weight excluding hydrogens is 492 g/mol. The number of piperidine rings is 2. The molecule has 2 aromatic heterocycles. The minimum Gasteiger partial charge on any atom is -0.370 e. The van der Waals surface area contributed by atoms with Crippen LogP contribution in [0.5, 0.6) is 0 Å². The van der Waals surface area contributed by atoms with E-state index in [0.29, 0.717) is 12.1 Å². The van der Waals surface area contributed by atoms with E-state index in [1.54, 1.807) is 0 Å². The summed E-state index contributed by atoms with van der Waals surface area (Å²) < 4.78 is 2.27. The highest BCUT2D eigenvalue weighted by atomic mass is 35.5. The SMILES string of the molecule is CN(C)C1CCN(c2ccc(-c3ccc4nc5cccc(N6CCC(N(C)C)CC6)c5n4c3)cc2Cl)CC1. The van der Waals surface area contributed by atoms with E-state index in [4.69, 9.17) is 16.6 Å². The van der Waals surface area contributed by atoms with Gasteiger partial charge in [-0.05, 0) is 101 Å². The normalized spacial score (nSPS) is 18.0. The number of anilines is 2. The third-order valence-electron chi connectivity index (χ3n) is 8.75. The first-order valence-electron chi connectivity index (χ1n) is 13.9. The zero-order valence-electron chi connectivity index (χ0n) is 23.1. The van der Waals surface area contributed by atoms with Gasteiger partial charge in [-0.2, -0.15) is 0 Å². The van der Waals surface area contributed by atoms with Crippen molar-refractivity contribution in [2.24, 2.45) is 0 Å². The van der Waals surface area contributed by atoms with Crippen LogP contribution in [0.1, 0.15) is 25.7 Å². The van der Waals surface area contributed by atoms with Gasteiger partial charge in [0.05, 0.1) is 27.4 Å². The first-order chi connectivity index (χ1) is 18.4. The van der Waals surface area contributed by atoms with Crippen molar-refractivity contribution in [3.63, 3.8) is 0 Å². The number of imidazole rings is 1. The van der Waals surface area contributed by atoms with Crippen LogP contribution in [0.2, 0.25) is 5.02 Å². The average Bonchev–Trinajstić information content (AvgIpc) is 3.31. The molecule has 200 valence electrons. The Kier molecular flexibility index (Phi) is 6.97. The highest BCUT2D eigenvalue weighted by molar-refractivity contribution is 6.33. The quantitative estimate of drug-likeness (QED) is 0.322. The summed E-state index contributed by atoms with van der Waals surface area (Å²) >= 11 is 6.88. The Hall–Kier alpha value is -2.80. The number of benzene rings is 2. The van der Waals surface area contributed by atoms with Gasteiger partial charge in [-0.25, -0.2) is 4.98 Å². The number of halogens is 1. The third kappa shape index (κ3) is 4.74. The smallest absolute Gasteiger partial charge is 0.138 e. The van der Waals surface area contributed by atoms with Crippen LogP contribution in [-0.4, -0.2) is 85.6 Å². The van der Waals surface area contributed by atoms with Crippen molar-refractivity contribution in [2.45, 2.75) is 37.8 Å². The summed E-state index contributed by atoms with van der Waals surface area (Å²) in [6.07, 6.45) is 6.94. The first-order valence-corrected chi connectivity index (χ1v) is 14.3. The second-order valence-electron chi connectivity index (χ2n) is 11.4. The van der Waals surface area contributed by atoms with Crippen LogP contribution in [0.4, 0.5) is 11.4 Å². The van der Waals surface area contributed by atoms with Crippen LogP contribution in [-0.2, 0) is 0 Å². The number of pyridine rings is 1. The van der Waals surface area contributed by atoms with Gasteiger partial charge in [0.2, 0.25) is 0 Å². The fourth-order valence-electron chi connectivity index (χ4n) is 6.36. The molecule has 2 saturated heterocycles. The van der Waals surface area contributed by atoms with E-state index >= 15 is 0 Å². The third-order valence-corrected chi connectivity index (χ3v) is 9.05. The van der Waals surface area contributed by atoms with Crippen molar-refractivity contribution in [3.05, 3.63) is 59.8 Å². The van der Waals surface area contributed by atoms with Crippen LogP contribution >= 0.6 is 11.6 Å².